The summed E-state index contributed by atoms with van der Waals surface area (Å²) in [6.45, 7) is 1.09. The van der Waals surface area contributed by atoms with Crippen LogP contribution in [0.25, 0.3) is 22.1 Å². The molecule has 1 amide bonds. The van der Waals surface area contributed by atoms with Crippen LogP contribution in [-0.2, 0) is 21.2 Å². The zero-order valence-corrected chi connectivity index (χ0v) is 18.1. The maximum atomic E-state index is 13.0. The first-order valence-corrected chi connectivity index (χ1v) is 11.9. The normalized spacial score (nSPS) is 15.2. The van der Waals surface area contributed by atoms with Gasteiger partial charge in [-0.3, -0.25) is 10.1 Å². The van der Waals surface area contributed by atoms with E-state index in [1.54, 1.807) is 18.2 Å². The summed E-state index contributed by atoms with van der Waals surface area (Å²) in [5, 5.41) is 11.5. The van der Waals surface area contributed by atoms with Crippen LogP contribution in [0, 0.1) is 0 Å². The van der Waals surface area contributed by atoms with Gasteiger partial charge in [0.2, 0.25) is 15.9 Å². The number of benzene rings is 2. The molecule has 5 rings (SSSR count). The Morgan fingerprint density at radius 1 is 1.03 bits per heavy atom. The van der Waals surface area contributed by atoms with Crippen LogP contribution in [0.3, 0.4) is 0 Å². The van der Waals surface area contributed by atoms with Gasteiger partial charge in [0, 0.05) is 24.0 Å². The molecular weight excluding hydrogens is 428 g/mol. The standard InChI is InChI=1S/C22H22N6O3S/c29-19(13-15-7-3-1-4-8-15)24-22-25-21-20(26-27-22)17-14-16(9-10-18(17)23-21)32(30,31)28-11-5-2-6-12-28/h1,3-4,7-10,14H,2,5-6,11-13H2,(H2,23,24,25,27,29). The zero-order valence-electron chi connectivity index (χ0n) is 17.3. The monoisotopic (exact) mass is 450 g/mol. The predicted molar refractivity (Wildman–Crippen MR) is 121 cm³/mol. The quantitative estimate of drug-likeness (QED) is 0.482. The maximum absolute atomic E-state index is 13.0. The fourth-order valence-electron chi connectivity index (χ4n) is 3.97. The minimum atomic E-state index is -3.56. The average molecular weight is 451 g/mol. The molecule has 2 aromatic heterocycles. The van der Waals surface area contributed by atoms with Crippen molar-refractivity contribution in [2.24, 2.45) is 0 Å². The molecule has 0 bridgehead atoms. The molecule has 2 aromatic carbocycles. The molecule has 0 unspecified atom stereocenters. The van der Waals surface area contributed by atoms with Gasteiger partial charge in [0.1, 0.15) is 5.52 Å². The van der Waals surface area contributed by atoms with Crippen molar-refractivity contribution in [2.75, 3.05) is 18.4 Å². The van der Waals surface area contributed by atoms with E-state index in [0.29, 0.717) is 35.2 Å². The fraction of sp³-hybridized carbons (Fsp3) is 0.273. The van der Waals surface area contributed by atoms with Crippen LogP contribution in [0.2, 0.25) is 0 Å². The van der Waals surface area contributed by atoms with Crippen LogP contribution >= 0.6 is 0 Å². The molecular formula is C22H22N6O3S. The van der Waals surface area contributed by atoms with Gasteiger partial charge >= 0.3 is 0 Å². The van der Waals surface area contributed by atoms with Crippen molar-refractivity contribution in [3.8, 4) is 0 Å². The Balaban J connectivity index is 1.42. The van der Waals surface area contributed by atoms with Crippen LogP contribution in [0.15, 0.2) is 53.4 Å². The molecule has 1 aliphatic heterocycles. The van der Waals surface area contributed by atoms with Crippen LogP contribution < -0.4 is 5.32 Å². The highest BCUT2D eigenvalue weighted by molar-refractivity contribution is 7.89. The van der Waals surface area contributed by atoms with Gasteiger partial charge in [-0.25, -0.2) is 8.42 Å². The van der Waals surface area contributed by atoms with E-state index in [9.17, 15) is 13.2 Å². The van der Waals surface area contributed by atoms with Crippen LogP contribution in [0.4, 0.5) is 5.95 Å². The molecule has 0 aliphatic carbocycles. The Bertz CT molecular complexity index is 1400. The van der Waals surface area contributed by atoms with Crippen LogP contribution in [-0.4, -0.2) is 51.9 Å². The number of sulfonamides is 1. The summed E-state index contributed by atoms with van der Waals surface area (Å²) in [6, 6.07) is 14.3. The Hall–Kier alpha value is -3.37. The van der Waals surface area contributed by atoms with Crippen LogP contribution in [0.5, 0.6) is 0 Å². The second-order valence-corrected chi connectivity index (χ2v) is 9.78. The van der Waals surface area contributed by atoms with Crippen molar-refractivity contribution >= 4 is 43.9 Å². The number of carbonyl (C=O) groups excluding carboxylic acids is 1. The minimum absolute atomic E-state index is 0.0890. The third-order valence-corrected chi connectivity index (χ3v) is 7.49. The molecule has 2 N–H and O–H groups in total. The lowest BCUT2D eigenvalue weighted by molar-refractivity contribution is -0.115. The van der Waals surface area contributed by atoms with Crippen molar-refractivity contribution in [1.82, 2.24) is 24.5 Å². The van der Waals surface area contributed by atoms with Crippen LogP contribution in [0.1, 0.15) is 24.8 Å². The largest absolute Gasteiger partial charge is 0.338 e. The summed E-state index contributed by atoms with van der Waals surface area (Å²) in [5.74, 6) is -0.158. The number of rotatable bonds is 5. The molecule has 9 nitrogen and oxygen atoms in total. The maximum Gasteiger partial charge on any atom is 0.251 e. The Morgan fingerprint density at radius 2 is 1.81 bits per heavy atom. The number of anilines is 1. The smallest absolute Gasteiger partial charge is 0.251 e. The molecule has 4 aromatic rings. The van der Waals surface area contributed by atoms with Crippen molar-refractivity contribution in [1.29, 1.82) is 0 Å². The molecule has 164 valence electrons. The van der Waals surface area contributed by atoms with Gasteiger partial charge in [-0.2, -0.15) is 9.29 Å². The van der Waals surface area contributed by atoms with Gasteiger partial charge in [0.15, 0.2) is 5.65 Å². The summed E-state index contributed by atoms with van der Waals surface area (Å²) in [7, 11) is -3.56. The van der Waals surface area contributed by atoms with Gasteiger partial charge < -0.3 is 4.98 Å². The van der Waals surface area contributed by atoms with E-state index < -0.39 is 10.0 Å². The molecule has 1 saturated heterocycles. The molecule has 32 heavy (non-hydrogen) atoms. The first-order chi connectivity index (χ1) is 15.5. The lowest BCUT2D eigenvalue weighted by Gasteiger charge is -2.25. The first kappa shape index (κ1) is 20.5. The topological polar surface area (TPSA) is 121 Å². The SMILES string of the molecule is O=C(Cc1ccccc1)Nc1nnc2c(n1)[nH]c1ccc(S(=O)(=O)N3CCCCC3)cc12. The third-order valence-electron chi connectivity index (χ3n) is 5.60. The van der Waals surface area contributed by atoms with Gasteiger partial charge in [-0.1, -0.05) is 36.8 Å². The Labute approximate surface area is 184 Å². The number of nitrogens with zero attached hydrogens (tertiary/aromatic N) is 4. The lowest BCUT2D eigenvalue weighted by Crippen LogP contribution is -2.35. The number of hydrogen-bond donors (Lipinski definition) is 2. The fourth-order valence-corrected chi connectivity index (χ4v) is 5.51. The number of hydrogen-bond acceptors (Lipinski definition) is 6. The Morgan fingerprint density at radius 3 is 2.59 bits per heavy atom. The number of H-pyrrole nitrogens is 1. The minimum Gasteiger partial charge on any atom is -0.338 e. The number of aromatic amines is 1. The summed E-state index contributed by atoms with van der Waals surface area (Å²) >= 11 is 0. The van der Waals surface area contributed by atoms with E-state index in [4.69, 9.17) is 0 Å². The molecule has 0 saturated carbocycles. The lowest BCUT2D eigenvalue weighted by atomic mass is 10.1. The van der Waals surface area contributed by atoms with E-state index in [0.717, 1.165) is 24.8 Å². The Kier molecular flexibility index (Phi) is 5.32. The number of nitrogens with one attached hydrogen (secondary N) is 2. The summed E-state index contributed by atoms with van der Waals surface area (Å²) in [6.07, 6.45) is 3.01. The van der Waals surface area contributed by atoms with Crippen molar-refractivity contribution < 1.29 is 13.2 Å². The molecule has 1 aliphatic rings. The third kappa shape index (κ3) is 3.94. The van der Waals surface area contributed by atoms with Crippen molar-refractivity contribution in [3.05, 3.63) is 54.1 Å². The summed E-state index contributed by atoms with van der Waals surface area (Å²) in [5.41, 5.74) is 2.47. The van der Waals surface area contributed by atoms with Gasteiger partial charge in [0.05, 0.1) is 11.3 Å². The molecule has 1 fully saturated rings. The highest BCUT2D eigenvalue weighted by Gasteiger charge is 2.26. The van der Waals surface area contributed by atoms with Crippen molar-refractivity contribution in [3.63, 3.8) is 0 Å². The first-order valence-electron chi connectivity index (χ1n) is 10.5. The second-order valence-electron chi connectivity index (χ2n) is 7.84. The molecule has 0 spiro atoms. The summed E-state index contributed by atoms with van der Waals surface area (Å²) in [4.78, 5) is 20.0. The highest BCUT2D eigenvalue weighted by atomic mass is 32.2. The van der Waals surface area contributed by atoms with Gasteiger partial charge in [-0.05, 0) is 36.6 Å². The molecule has 0 radical (unpaired) electrons. The van der Waals surface area contributed by atoms with Gasteiger partial charge in [-0.15, -0.1) is 10.2 Å². The molecule has 3 heterocycles. The van der Waals surface area contributed by atoms with E-state index in [1.807, 2.05) is 30.3 Å². The number of piperidine rings is 1. The second kappa shape index (κ2) is 8.29. The van der Waals surface area contributed by atoms with Gasteiger partial charge in [0.25, 0.3) is 5.95 Å². The number of aromatic nitrogens is 4. The molecule has 0 atom stereocenters. The predicted octanol–water partition coefficient (Wildman–Crippen LogP) is 2.86. The van der Waals surface area contributed by atoms with E-state index >= 15 is 0 Å². The summed E-state index contributed by atoms with van der Waals surface area (Å²) < 4.78 is 27.6. The van der Waals surface area contributed by atoms with E-state index in [2.05, 4.69) is 25.5 Å². The number of carbonyl (C=O) groups is 1. The zero-order chi connectivity index (χ0) is 22.1. The van der Waals surface area contributed by atoms with E-state index in [1.165, 1.54) is 4.31 Å². The number of amides is 1. The molecule has 10 heteroatoms. The average Bonchev–Trinajstić information content (AvgIpc) is 3.17. The van der Waals surface area contributed by atoms with E-state index in [-0.39, 0.29) is 23.2 Å². The van der Waals surface area contributed by atoms with Crippen molar-refractivity contribution in [2.45, 2.75) is 30.6 Å². The highest BCUT2D eigenvalue weighted by Crippen LogP contribution is 2.28. The number of fused-ring (bicyclic) bond motifs is 3.